The molecular formula is C10H16F3NO2. The molecule has 94 valence electrons. The minimum absolute atomic E-state index is 0.0337. The summed E-state index contributed by atoms with van der Waals surface area (Å²) in [6, 6.07) is -0.0780. The van der Waals surface area contributed by atoms with Crippen molar-refractivity contribution in [2.75, 3.05) is 13.1 Å². The number of halogens is 3. The van der Waals surface area contributed by atoms with Crippen LogP contribution >= 0.6 is 0 Å². The number of hydrogen-bond donors (Lipinski definition) is 1. The minimum Gasteiger partial charge on any atom is -0.481 e. The Hall–Kier alpha value is -0.780. The number of carboxylic acids is 1. The molecule has 0 amide bonds. The molecular weight excluding hydrogens is 223 g/mol. The quantitative estimate of drug-likeness (QED) is 0.800. The smallest absolute Gasteiger partial charge is 0.389 e. The number of carboxylic acid groups (broad SMARTS) is 1. The van der Waals surface area contributed by atoms with E-state index < -0.39 is 18.6 Å². The van der Waals surface area contributed by atoms with E-state index in [0.29, 0.717) is 6.54 Å². The van der Waals surface area contributed by atoms with Crippen molar-refractivity contribution >= 4 is 5.97 Å². The van der Waals surface area contributed by atoms with E-state index in [-0.39, 0.29) is 18.9 Å². The summed E-state index contributed by atoms with van der Waals surface area (Å²) in [7, 11) is 0. The highest BCUT2D eigenvalue weighted by atomic mass is 19.4. The van der Waals surface area contributed by atoms with Crippen LogP contribution in [0.5, 0.6) is 0 Å². The second-order valence-corrected chi connectivity index (χ2v) is 4.15. The Morgan fingerprint density at radius 1 is 1.44 bits per heavy atom. The third-order valence-electron chi connectivity index (χ3n) is 2.81. The van der Waals surface area contributed by atoms with Crippen molar-refractivity contribution in [3.05, 3.63) is 0 Å². The average Bonchev–Trinajstić information content (AvgIpc) is 2.49. The van der Waals surface area contributed by atoms with Crippen LogP contribution in [0.4, 0.5) is 13.2 Å². The Kier molecular flexibility index (Phi) is 4.58. The summed E-state index contributed by atoms with van der Waals surface area (Å²) in [5, 5.41) is 8.64. The van der Waals surface area contributed by atoms with Gasteiger partial charge in [-0.15, -0.1) is 0 Å². The Morgan fingerprint density at radius 2 is 2.12 bits per heavy atom. The summed E-state index contributed by atoms with van der Waals surface area (Å²) in [5.74, 6) is -0.882. The van der Waals surface area contributed by atoms with Crippen molar-refractivity contribution in [3.8, 4) is 0 Å². The van der Waals surface area contributed by atoms with Crippen LogP contribution in [0.2, 0.25) is 0 Å². The lowest BCUT2D eigenvalue weighted by molar-refractivity contribution is -0.140. The molecule has 6 heteroatoms. The molecule has 1 rings (SSSR count). The summed E-state index contributed by atoms with van der Waals surface area (Å²) in [5.41, 5.74) is 0. The van der Waals surface area contributed by atoms with Gasteiger partial charge in [0.1, 0.15) is 0 Å². The van der Waals surface area contributed by atoms with Crippen LogP contribution in [0.25, 0.3) is 0 Å². The van der Waals surface area contributed by atoms with Crippen LogP contribution in [0.3, 0.4) is 0 Å². The largest absolute Gasteiger partial charge is 0.481 e. The molecule has 16 heavy (non-hydrogen) atoms. The summed E-state index contributed by atoms with van der Waals surface area (Å²) >= 11 is 0. The zero-order valence-electron chi connectivity index (χ0n) is 8.96. The van der Waals surface area contributed by atoms with E-state index in [1.807, 2.05) is 4.90 Å². The fraction of sp³-hybridized carbons (Fsp3) is 0.900. The maximum absolute atomic E-state index is 11.9. The normalized spacial score (nSPS) is 22.6. The Balaban J connectivity index is 2.27. The molecule has 1 heterocycles. The first-order chi connectivity index (χ1) is 7.38. The lowest BCUT2D eigenvalue weighted by Gasteiger charge is -2.23. The number of likely N-dealkylation sites (tertiary alicyclic amines) is 1. The van der Waals surface area contributed by atoms with Crippen LogP contribution < -0.4 is 0 Å². The molecule has 0 radical (unpaired) electrons. The number of aliphatic carboxylic acids is 1. The third kappa shape index (κ3) is 4.83. The fourth-order valence-corrected chi connectivity index (χ4v) is 2.10. The van der Waals surface area contributed by atoms with E-state index in [1.165, 1.54) is 0 Å². The molecule has 1 atom stereocenters. The van der Waals surface area contributed by atoms with Crippen molar-refractivity contribution in [3.63, 3.8) is 0 Å². The van der Waals surface area contributed by atoms with Gasteiger partial charge in [0.25, 0.3) is 0 Å². The van der Waals surface area contributed by atoms with E-state index >= 15 is 0 Å². The van der Waals surface area contributed by atoms with Gasteiger partial charge in [0.15, 0.2) is 0 Å². The van der Waals surface area contributed by atoms with Crippen LogP contribution in [0, 0.1) is 0 Å². The maximum atomic E-state index is 11.9. The summed E-state index contributed by atoms with van der Waals surface area (Å²) in [6.07, 6.45) is -3.15. The molecule has 0 saturated carbocycles. The number of alkyl halides is 3. The van der Waals surface area contributed by atoms with Gasteiger partial charge in [-0.05, 0) is 32.4 Å². The van der Waals surface area contributed by atoms with Gasteiger partial charge in [0.2, 0.25) is 0 Å². The van der Waals surface area contributed by atoms with Crippen molar-refractivity contribution in [2.45, 2.75) is 44.3 Å². The number of nitrogens with zero attached hydrogens (tertiary/aromatic N) is 1. The maximum Gasteiger partial charge on any atom is 0.389 e. The predicted molar refractivity (Wildman–Crippen MR) is 52.1 cm³/mol. The van der Waals surface area contributed by atoms with E-state index in [4.69, 9.17) is 5.11 Å². The molecule has 3 nitrogen and oxygen atoms in total. The van der Waals surface area contributed by atoms with Gasteiger partial charge in [-0.3, -0.25) is 9.69 Å². The molecule has 0 aromatic rings. The van der Waals surface area contributed by atoms with Gasteiger partial charge in [-0.2, -0.15) is 13.2 Å². The standard InChI is InChI=1S/C10H16F3NO2/c11-10(12,13)4-2-6-14-5-1-3-8(14)7-9(15)16/h8H,1-7H2,(H,15,16). The van der Waals surface area contributed by atoms with Gasteiger partial charge in [0.05, 0.1) is 6.42 Å². The molecule has 1 unspecified atom stereocenters. The van der Waals surface area contributed by atoms with Crippen molar-refractivity contribution < 1.29 is 23.1 Å². The van der Waals surface area contributed by atoms with Gasteiger partial charge in [-0.1, -0.05) is 0 Å². The highest BCUT2D eigenvalue weighted by molar-refractivity contribution is 5.67. The zero-order chi connectivity index (χ0) is 12.2. The summed E-state index contributed by atoms with van der Waals surface area (Å²) in [4.78, 5) is 12.4. The van der Waals surface area contributed by atoms with Crippen LogP contribution in [-0.4, -0.2) is 41.3 Å². The molecule has 0 aliphatic carbocycles. The zero-order valence-corrected chi connectivity index (χ0v) is 8.96. The van der Waals surface area contributed by atoms with Gasteiger partial charge in [0, 0.05) is 12.5 Å². The molecule has 0 aromatic carbocycles. The Morgan fingerprint density at radius 3 is 2.69 bits per heavy atom. The first-order valence-corrected chi connectivity index (χ1v) is 5.41. The van der Waals surface area contributed by atoms with Crippen molar-refractivity contribution in [2.24, 2.45) is 0 Å². The van der Waals surface area contributed by atoms with Gasteiger partial charge in [-0.25, -0.2) is 0 Å². The SMILES string of the molecule is O=C(O)CC1CCCN1CCCC(F)(F)F. The van der Waals surface area contributed by atoms with E-state index in [0.717, 1.165) is 19.4 Å². The number of rotatable bonds is 5. The summed E-state index contributed by atoms with van der Waals surface area (Å²) in [6.45, 7) is 1.06. The highest BCUT2D eigenvalue weighted by Gasteiger charge is 2.29. The molecule has 1 saturated heterocycles. The van der Waals surface area contributed by atoms with E-state index in [9.17, 15) is 18.0 Å². The predicted octanol–water partition coefficient (Wildman–Crippen LogP) is 2.27. The molecule has 1 aliphatic rings. The first-order valence-electron chi connectivity index (χ1n) is 5.41. The third-order valence-corrected chi connectivity index (χ3v) is 2.81. The monoisotopic (exact) mass is 239 g/mol. The van der Waals surface area contributed by atoms with E-state index in [1.54, 1.807) is 0 Å². The van der Waals surface area contributed by atoms with Crippen LogP contribution in [0.15, 0.2) is 0 Å². The second kappa shape index (κ2) is 5.52. The number of carbonyl (C=O) groups is 1. The van der Waals surface area contributed by atoms with Gasteiger partial charge >= 0.3 is 12.1 Å². The number of hydrogen-bond acceptors (Lipinski definition) is 2. The molecule has 0 bridgehead atoms. The van der Waals surface area contributed by atoms with Crippen molar-refractivity contribution in [1.29, 1.82) is 0 Å². The molecule has 1 aliphatic heterocycles. The Labute approximate surface area is 92.2 Å². The molecule has 1 fully saturated rings. The van der Waals surface area contributed by atoms with Crippen molar-refractivity contribution in [1.82, 2.24) is 4.90 Å². The highest BCUT2D eigenvalue weighted by Crippen LogP contribution is 2.24. The molecule has 1 N–H and O–H groups in total. The topological polar surface area (TPSA) is 40.5 Å². The Bertz CT molecular complexity index is 243. The van der Waals surface area contributed by atoms with Gasteiger partial charge < -0.3 is 5.11 Å². The van der Waals surface area contributed by atoms with Crippen LogP contribution in [-0.2, 0) is 4.79 Å². The molecule has 0 spiro atoms. The average molecular weight is 239 g/mol. The summed E-state index contributed by atoms with van der Waals surface area (Å²) < 4.78 is 35.8. The lowest BCUT2D eigenvalue weighted by Crippen LogP contribution is -2.32. The fourth-order valence-electron chi connectivity index (χ4n) is 2.10. The molecule has 0 aromatic heterocycles. The first kappa shape index (κ1) is 13.3. The minimum atomic E-state index is -4.11. The second-order valence-electron chi connectivity index (χ2n) is 4.15. The van der Waals surface area contributed by atoms with E-state index in [2.05, 4.69) is 0 Å². The lowest BCUT2D eigenvalue weighted by atomic mass is 10.1. The van der Waals surface area contributed by atoms with Crippen LogP contribution in [0.1, 0.15) is 32.1 Å².